The second kappa shape index (κ2) is 5.05. The SMILES string of the molecule is OC(CSc1ccc(Cl)cn1)C(F)(F)F. The van der Waals surface area contributed by atoms with Gasteiger partial charge in [0, 0.05) is 11.9 Å². The molecule has 0 aliphatic heterocycles. The number of alkyl halides is 3. The van der Waals surface area contributed by atoms with Crippen molar-refractivity contribution in [2.45, 2.75) is 17.3 Å². The Labute approximate surface area is 93.5 Å². The summed E-state index contributed by atoms with van der Waals surface area (Å²) in [7, 11) is 0. The topological polar surface area (TPSA) is 33.1 Å². The summed E-state index contributed by atoms with van der Waals surface area (Å²) in [5, 5.41) is 9.51. The molecule has 0 aliphatic rings. The number of thioether (sulfide) groups is 1. The van der Waals surface area contributed by atoms with Gasteiger partial charge in [0.15, 0.2) is 6.10 Å². The highest BCUT2D eigenvalue weighted by Crippen LogP contribution is 2.26. The fraction of sp³-hybridized carbons (Fsp3) is 0.375. The van der Waals surface area contributed by atoms with E-state index in [0.717, 1.165) is 11.8 Å². The number of aromatic nitrogens is 1. The fourth-order valence-electron chi connectivity index (χ4n) is 0.706. The van der Waals surface area contributed by atoms with Crippen LogP contribution in [0.1, 0.15) is 0 Å². The van der Waals surface area contributed by atoms with Crippen LogP contribution in [0.3, 0.4) is 0 Å². The van der Waals surface area contributed by atoms with E-state index in [1.165, 1.54) is 18.3 Å². The standard InChI is InChI=1S/C8H7ClF3NOS/c9-5-1-2-7(13-3-5)15-4-6(14)8(10,11)12/h1-3,6,14H,4H2. The van der Waals surface area contributed by atoms with E-state index in [4.69, 9.17) is 16.7 Å². The Morgan fingerprint density at radius 2 is 2.13 bits per heavy atom. The zero-order chi connectivity index (χ0) is 11.5. The van der Waals surface area contributed by atoms with Crippen LogP contribution in [0.5, 0.6) is 0 Å². The molecule has 1 aromatic rings. The number of aliphatic hydroxyl groups is 1. The van der Waals surface area contributed by atoms with Crippen molar-refractivity contribution in [1.82, 2.24) is 4.98 Å². The Morgan fingerprint density at radius 1 is 1.47 bits per heavy atom. The van der Waals surface area contributed by atoms with Gasteiger partial charge in [-0.1, -0.05) is 11.6 Å². The number of rotatable bonds is 3. The molecular formula is C8H7ClF3NOS. The number of pyridine rings is 1. The zero-order valence-electron chi connectivity index (χ0n) is 7.33. The minimum absolute atomic E-state index is 0.391. The van der Waals surface area contributed by atoms with Crippen molar-refractivity contribution in [3.8, 4) is 0 Å². The molecule has 1 N–H and O–H groups in total. The van der Waals surface area contributed by atoms with Gasteiger partial charge in [0.25, 0.3) is 0 Å². The predicted octanol–water partition coefficient (Wildman–Crippen LogP) is 2.75. The molecule has 0 bridgehead atoms. The Kier molecular flexibility index (Phi) is 4.24. The molecule has 1 aromatic heterocycles. The van der Waals surface area contributed by atoms with Crippen LogP contribution in [0.25, 0.3) is 0 Å². The second-order valence-corrected chi connectivity index (χ2v) is 4.16. The molecule has 15 heavy (non-hydrogen) atoms. The van der Waals surface area contributed by atoms with Gasteiger partial charge in [-0.3, -0.25) is 0 Å². The van der Waals surface area contributed by atoms with Crippen molar-refractivity contribution in [3.63, 3.8) is 0 Å². The zero-order valence-corrected chi connectivity index (χ0v) is 8.90. The first-order valence-corrected chi connectivity index (χ1v) is 5.25. The normalized spacial score (nSPS) is 13.9. The first kappa shape index (κ1) is 12.6. The Morgan fingerprint density at radius 3 is 2.60 bits per heavy atom. The molecule has 1 unspecified atom stereocenters. The van der Waals surface area contributed by atoms with E-state index in [1.807, 2.05) is 0 Å². The predicted molar refractivity (Wildman–Crippen MR) is 52.0 cm³/mol. The molecule has 0 aliphatic carbocycles. The first-order chi connectivity index (χ1) is 6.89. The summed E-state index contributed by atoms with van der Waals surface area (Å²) in [6.45, 7) is 0. The molecule has 1 atom stereocenters. The number of hydrogen-bond acceptors (Lipinski definition) is 3. The lowest BCUT2D eigenvalue weighted by Crippen LogP contribution is -2.30. The fourth-order valence-corrected chi connectivity index (χ4v) is 1.63. The molecule has 1 heterocycles. The van der Waals surface area contributed by atoms with Crippen LogP contribution in [-0.2, 0) is 0 Å². The summed E-state index contributed by atoms with van der Waals surface area (Å²) in [6, 6.07) is 3.02. The van der Waals surface area contributed by atoms with Gasteiger partial charge >= 0.3 is 6.18 Å². The van der Waals surface area contributed by atoms with E-state index in [-0.39, 0.29) is 0 Å². The van der Waals surface area contributed by atoms with Gasteiger partial charge in [0.1, 0.15) is 0 Å². The summed E-state index contributed by atoms with van der Waals surface area (Å²) in [5.41, 5.74) is 0. The Hall–Kier alpha value is -0.460. The van der Waals surface area contributed by atoms with Crippen molar-refractivity contribution in [2.75, 3.05) is 5.75 Å². The lowest BCUT2D eigenvalue weighted by molar-refractivity contribution is -0.195. The van der Waals surface area contributed by atoms with Crippen molar-refractivity contribution in [2.24, 2.45) is 0 Å². The average molecular weight is 258 g/mol. The molecule has 0 radical (unpaired) electrons. The number of aliphatic hydroxyl groups excluding tert-OH is 1. The third-order valence-corrected chi connectivity index (χ3v) is 2.71. The minimum Gasteiger partial charge on any atom is -0.383 e. The van der Waals surface area contributed by atoms with Crippen LogP contribution in [0.15, 0.2) is 23.4 Å². The van der Waals surface area contributed by atoms with Crippen LogP contribution in [-0.4, -0.2) is 28.1 Å². The highest BCUT2D eigenvalue weighted by molar-refractivity contribution is 7.99. The van der Waals surface area contributed by atoms with Crippen LogP contribution < -0.4 is 0 Å². The summed E-state index contributed by atoms with van der Waals surface area (Å²) in [4.78, 5) is 3.78. The highest BCUT2D eigenvalue weighted by atomic mass is 35.5. The molecule has 1 rings (SSSR count). The molecular weight excluding hydrogens is 251 g/mol. The van der Waals surface area contributed by atoms with Gasteiger partial charge in [0.2, 0.25) is 0 Å². The number of nitrogens with zero attached hydrogens (tertiary/aromatic N) is 1. The highest BCUT2D eigenvalue weighted by Gasteiger charge is 2.37. The third-order valence-electron chi connectivity index (χ3n) is 1.47. The maximum atomic E-state index is 11.9. The maximum absolute atomic E-state index is 11.9. The summed E-state index contributed by atoms with van der Waals surface area (Å²) in [6.07, 6.45) is -5.58. The van der Waals surface area contributed by atoms with Gasteiger partial charge in [-0.25, -0.2) is 4.98 Å². The molecule has 0 amide bonds. The summed E-state index contributed by atoms with van der Waals surface area (Å²) in [5.74, 6) is -0.474. The molecule has 0 aromatic carbocycles. The van der Waals surface area contributed by atoms with Gasteiger partial charge in [0.05, 0.1) is 10.0 Å². The molecule has 0 fully saturated rings. The van der Waals surface area contributed by atoms with Crippen molar-refractivity contribution in [3.05, 3.63) is 23.4 Å². The second-order valence-electron chi connectivity index (χ2n) is 2.68. The largest absolute Gasteiger partial charge is 0.415 e. The smallest absolute Gasteiger partial charge is 0.383 e. The summed E-state index contributed by atoms with van der Waals surface area (Å²) < 4.78 is 35.7. The molecule has 2 nitrogen and oxygen atoms in total. The molecule has 0 spiro atoms. The lowest BCUT2D eigenvalue weighted by Gasteiger charge is -2.13. The first-order valence-electron chi connectivity index (χ1n) is 3.89. The van der Waals surface area contributed by atoms with Crippen LogP contribution >= 0.6 is 23.4 Å². The van der Waals surface area contributed by atoms with Crippen LogP contribution in [0, 0.1) is 0 Å². The molecule has 84 valence electrons. The maximum Gasteiger partial charge on any atom is 0.415 e. The summed E-state index contributed by atoms with van der Waals surface area (Å²) >= 11 is 6.37. The lowest BCUT2D eigenvalue weighted by atomic mass is 10.4. The van der Waals surface area contributed by atoms with Crippen molar-refractivity contribution < 1.29 is 18.3 Å². The van der Waals surface area contributed by atoms with Crippen LogP contribution in [0.4, 0.5) is 13.2 Å². The van der Waals surface area contributed by atoms with E-state index in [0.29, 0.717) is 10.0 Å². The van der Waals surface area contributed by atoms with Gasteiger partial charge < -0.3 is 5.11 Å². The molecule has 0 saturated carbocycles. The van der Waals surface area contributed by atoms with Crippen molar-refractivity contribution >= 4 is 23.4 Å². The minimum atomic E-state index is -4.58. The quantitative estimate of drug-likeness (QED) is 0.846. The molecule has 7 heteroatoms. The molecule has 0 saturated heterocycles. The van der Waals surface area contributed by atoms with E-state index in [2.05, 4.69) is 4.98 Å². The van der Waals surface area contributed by atoms with E-state index < -0.39 is 18.0 Å². The third kappa shape index (κ3) is 4.27. The Balaban J connectivity index is 2.47. The van der Waals surface area contributed by atoms with Crippen molar-refractivity contribution in [1.29, 1.82) is 0 Å². The Bertz CT molecular complexity index is 317. The van der Waals surface area contributed by atoms with E-state index in [1.54, 1.807) is 0 Å². The van der Waals surface area contributed by atoms with Gasteiger partial charge in [-0.15, -0.1) is 11.8 Å². The van der Waals surface area contributed by atoms with Gasteiger partial charge in [-0.2, -0.15) is 13.2 Å². The number of halogens is 4. The van der Waals surface area contributed by atoms with E-state index in [9.17, 15) is 13.2 Å². The monoisotopic (exact) mass is 257 g/mol. The average Bonchev–Trinajstić information content (AvgIpc) is 2.15. The number of hydrogen-bond donors (Lipinski definition) is 1. The van der Waals surface area contributed by atoms with Crippen LogP contribution in [0.2, 0.25) is 5.02 Å². The van der Waals surface area contributed by atoms with Gasteiger partial charge in [-0.05, 0) is 12.1 Å². The van der Waals surface area contributed by atoms with E-state index >= 15 is 0 Å².